The van der Waals surface area contributed by atoms with Crippen LogP contribution in [0.3, 0.4) is 0 Å². The molecule has 2 aromatic rings. The monoisotopic (exact) mass is 397 g/mol. The first-order valence-corrected chi connectivity index (χ1v) is 9.18. The Bertz CT molecular complexity index is 793. The summed E-state index contributed by atoms with van der Waals surface area (Å²) in [6.07, 6.45) is 0.499. The second kappa shape index (κ2) is 7.39. The minimum absolute atomic E-state index is 0.0182. The zero-order valence-corrected chi connectivity index (χ0v) is 15.0. The molecular weight excluding hydrogens is 388 g/mol. The molecule has 0 heterocycles. The Balaban J connectivity index is 2.10. The quantitative estimate of drug-likeness (QED) is 0.733. The van der Waals surface area contributed by atoms with Gasteiger partial charge in [0.2, 0.25) is 10.0 Å². The first-order valence-electron chi connectivity index (χ1n) is 6.18. The number of hydrogen-bond acceptors (Lipinski definition) is 2. The largest absolute Gasteiger partial charge is 0.242 e. The van der Waals surface area contributed by atoms with Gasteiger partial charge in [-0.1, -0.05) is 58.5 Å². The normalized spacial score (nSPS) is 11.6. The molecular formula is C14H11Cl4NO2S. The molecule has 0 aliphatic heterocycles. The highest BCUT2D eigenvalue weighted by atomic mass is 35.5. The summed E-state index contributed by atoms with van der Waals surface area (Å²) in [4.78, 5) is -0.102. The van der Waals surface area contributed by atoms with E-state index in [9.17, 15) is 8.42 Å². The standard InChI is InChI=1S/C14H11Cl4NO2S/c15-10-3-1-2-9(6-10)4-5-19-22(20,21)14-8-12(17)11(16)7-13(14)18/h1-3,6-8,19H,4-5H2. The average Bonchev–Trinajstić information content (AvgIpc) is 2.42. The van der Waals surface area contributed by atoms with Crippen LogP contribution in [0.1, 0.15) is 5.56 Å². The zero-order chi connectivity index (χ0) is 16.3. The van der Waals surface area contributed by atoms with Gasteiger partial charge in [0.1, 0.15) is 4.90 Å². The summed E-state index contributed by atoms with van der Waals surface area (Å²) in [5, 5.41) is 0.948. The predicted molar refractivity (Wildman–Crippen MR) is 91.8 cm³/mol. The predicted octanol–water partition coefficient (Wildman–Crippen LogP) is 4.82. The summed E-state index contributed by atoms with van der Waals surface area (Å²) in [7, 11) is -3.77. The number of sulfonamides is 1. The van der Waals surface area contributed by atoms with E-state index in [1.165, 1.54) is 12.1 Å². The van der Waals surface area contributed by atoms with Crippen LogP contribution >= 0.6 is 46.4 Å². The molecule has 0 aromatic heterocycles. The van der Waals surface area contributed by atoms with Crippen molar-refractivity contribution in [1.29, 1.82) is 0 Å². The molecule has 0 aliphatic rings. The highest BCUT2D eigenvalue weighted by molar-refractivity contribution is 7.89. The van der Waals surface area contributed by atoms with E-state index in [1.54, 1.807) is 12.1 Å². The average molecular weight is 399 g/mol. The Kier molecular flexibility index (Phi) is 6.00. The number of benzene rings is 2. The van der Waals surface area contributed by atoms with Gasteiger partial charge in [0.25, 0.3) is 0 Å². The third-order valence-electron chi connectivity index (χ3n) is 2.86. The van der Waals surface area contributed by atoms with Crippen molar-refractivity contribution in [3.05, 3.63) is 62.1 Å². The van der Waals surface area contributed by atoms with Crippen molar-refractivity contribution in [3.8, 4) is 0 Å². The summed E-state index contributed by atoms with van der Waals surface area (Å²) in [6.45, 7) is 0.208. The van der Waals surface area contributed by atoms with Gasteiger partial charge in [-0.05, 0) is 36.2 Å². The van der Waals surface area contributed by atoms with Crippen molar-refractivity contribution < 1.29 is 8.42 Å². The second-order valence-corrected chi connectivity index (χ2v) is 7.87. The molecule has 0 radical (unpaired) electrons. The van der Waals surface area contributed by atoms with Crippen LogP contribution in [0.4, 0.5) is 0 Å². The van der Waals surface area contributed by atoms with Crippen molar-refractivity contribution >= 4 is 56.4 Å². The van der Waals surface area contributed by atoms with Crippen LogP contribution in [0, 0.1) is 0 Å². The molecule has 8 heteroatoms. The Hall–Kier alpha value is -0.490. The van der Waals surface area contributed by atoms with Gasteiger partial charge in [0.15, 0.2) is 0 Å². The Labute approximate surface area is 149 Å². The summed E-state index contributed by atoms with van der Waals surface area (Å²) >= 11 is 23.4. The van der Waals surface area contributed by atoms with E-state index in [-0.39, 0.29) is 26.5 Å². The number of rotatable bonds is 5. The van der Waals surface area contributed by atoms with Crippen molar-refractivity contribution in [1.82, 2.24) is 4.72 Å². The lowest BCUT2D eigenvalue weighted by atomic mass is 10.2. The van der Waals surface area contributed by atoms with Gasteiger partial charge in [0, 0.05) is 11.6 Å². The van der Waals surface area contributed by atoms with Crippen molar-refractivity contribution in [3.63, 3.8) is 0 Å². The fraction of sp³-hybridized carbons (Fsp3) is 0.143. The van der Waals surface area contributed by atoms with E-state index in [0.717, 1.165) is 5.56 Å². The van der Waals surface area contributed by atoms with E-state index in [2.05, 4.69) is 4.72 Å². The first kappa shape index (κ1) is 17.9. The highest BCUT2D eigenvalue weighted by Gasteiger charge is 2.19. The molecule has 1 N–H and O–H groups in total. The molecule has 2 aromatic carbocycles. The lowest BCUT2D eigenvalue weighted by Gasteiger charge is -2.10. The Morgan fingerprint density at radius 1 is 0.909 bits per heavy atom. The van der Waals surface area contributed by atoms with Crippen LogP contribution in [0.5, 0.6) is 0 Å². The van der Waals surface area contributed by atoms with E-state index in [1.807, 2.05) is 12.1 Å². The SMILES string of the molecule is O=S(=O)(NCCc1cccc(Cl)c1)c1cc(Cl)c(Cl)cc1Cl. The molecule has 3 nitrogen and oxygen atoms in total. The molecule has 0 unspecified atom stereocenters. The third-order valence-corrected chi connectivity index (χ3v) is 5.74. The van der Waals surface area contributed by atoms with Crippen LogP contribution < -0.4 is 4.72 Å². The molecule has 0 saturated heterocycles. The van der Waals surface area contributed by atoms with E-state index >= 15 is 0 Å². The summed E-state index contributed by atoms with van der Waals surface area (Å²) in [5.41, 5.74) is 0.926. The van der Waals surface area contributed by atoms with E-state index in [4.69, 9.17) is 46.4 Å². The molecule has 0 spiro atoms. The summed E-state index contributed by atoms with van der Waals surface area (Å²) in [5.74, 6) is 0. The van der Waals surface area contributed by atoms with Crippen molar-refractivity contribution in [2.24, 2.45) is 0 Å². The molecule has 0 saturated carbocycles. The van der Waals surface area contributed by atoms with Gasteiger partial charge in [-0.2, -0.15) is 0 Å². The lowest BCUT2D eigenvalue weighted by Crippen LogP contribution is -2.26. The number of hydrogen-bond donors (Lipinski definition) is 1. The Morgan fingerprint density at radius 2 is 1.59 bits per heavy atom. The van der Waals surface area contributed by atoms with Crippen LogP contribution in [0.2, 0.25) is 20.1 Å². The van der Waals surface area contributed by atoms with Crippen LogP contribution in [0.15, 0.2) is 41.3 Å². The van der Waals surface area contributed by atoms with E-state index < -0.39 is 10.0 Å². The highest BCUT2D eigenvalue weighted by Crippen LogP contribution is 2.31. The van der Waals surface area contributed by atoms with Gasteiger partial charge in [-0.25, -0.2) is 13.1 Å². The molecule has 0 amide bonds. The second-order valence-electron chi connectivity index (χ2n) is 4.47. The first-order chi connectivity index (χ1) is 10.3. The third kappa shape index (κ3) is 4.51. The fourth-order valence-corrected chi connectivity index (χ4v) is 4.05. The minimum Gasteiger partial charge on any atom is -0.211 e. The van der Waals surface area contributed by atoms with Crippen LogP contribution in [0.25, 0.3) is 0 Å². The van der Waals surface area contributed by atoms with E-state index in [0.29, 0.717) is 11.4 Å². The van der Waals surface area contributed by atoms with Crippen molar-refractivity contribution in [2.75, 3.05) is 6.54 Å². The summed E-state index contributed by atoms with van der Waals surface area (Å²) in [6, 6.07) is 9.74. The van der Waals surface area contributed by atoms with Crippen molar-refractivity contribution in [2.45, 2.75) is 11.3 Å². The molecule has 0 aliphatic carbocycles. The number of halogens is 4. The maximum absolute atomic E-state index is 12.3. The molecule has 22 heavy (non-hydrogen) atoms. The van der Waals surface area contributed by atoms with Gasteiger partial charge in [-0.3, -0.25) is 0 Å². The maximum Gasteiger partial charge on any atom is 0.242 e. The van der Waals surface area contributed by atoms with Crippen LogP contribution in [-0.2, 0) is 16.4 Å². The molecule has 118 valence electrons. The molecule has 0 bridgehead atoms. The van der Waals surface area contributed by atoms with Gasteiger partial charge in [-0.15, -0.1) is 0 Å². The van der Waals surface area contributed by atoms with Gasteiger partial charge < -0.3 is 0 Å². The minimum atomic E-state index is -3.77. The molecule has 0 atom stereocenters. The lowest BCUT2D eigenvalue weighted by molar-refractivity contribution is 0.581. The maximum atomic E-state index is 12.3. The topological polar surface area (TPSA) is 46.2 Å². The number of nitrogens with one attached hydrogen (secondary N) is 1. The van der Waals surface area contributed by atoms with Gasteiger partial charge in [0.05, 0.1) is 15.1 Å². The fourth-order valence-electron chi connectivity index (χ4n) is 1.81. The summed E-state index contributed by atoms with van der Waals surface area (Å²) < 4.78 is 27.0. The molecule has 0 fully saturated rings. The van der Waals surface area contributed by atoms with Crippen LogP contribution in [-0.4, -0.2) is 15.0 Å². The smallest absolute Gasteiger partial charge is 0.211 e. The zero-order valence-electron chi connectivity index (χ0n) is 11.1. The molecule has 2 rings (SSSR count). The Morgan fingerprint density at radius 3 is 2.27 bits per heavy atom. The van der Waals surface area contributed by atoms with Gasteiger partial charge >= 0.3 is 0 Å².